The number of ether oxygens (including phenoxy) is 1. The zero-order chi connectivity index (χ0) is 28.8. The summed E-state index contributed by atoms with van der Waals surface area (Å²) in [5, 5.41) is 15.2. The number of aliphatic carboxylic acids is 1. The molecule has 2 aromatic carbocycles. The van der Waals surface area contributed by atoms with Gasteiger partial charge in [0.2, 0.25) is 23.6 Å². The molecule has 1 aliphatic carbocycles. The zero-order valence-corrected chi connectivity index (χ0v) is 22.7. The number of hydrogen-bond donors (Lipinski definition) is 2. The van der Waals surface area contributed by atoms with Gasteiger partial charge in [0.25, 0.3) is 0 Å². The van der Waals surface area contributed by atoms with Crippen molar-refractivity contribution >= 4 is 39.5 Å². The zero-order valence-electron chi connectivity index (χ0n) is 22.7. The lowest BCUT2D eigenvalue weighted by atomic mass is 10.0. The summed E-state index contributed by atoms with van der Waals surface area (Å²) in [5.41, 5.74) is -0.993. The van der Waals surface area contributed by atoms with Gasteiger partial charge in [-0.3, -0.25) is 9.59 Å². The van der Waals surface area contributed by atoms with E-state index in [0.717, 1.165) is 21.7 Å². The van der Waals surface area contributed by atoms with Crippen LogP contribution < -0.4 is 10.1 Å². The van der Waals surface area contributed by atoms with Crippen molar-refractivity contribution in [1.82, 2.24) is 15.2 Å². The highest BCUT2D eigenvalue weighted by Gasteiger charge is 2.64. The first-order chi connectivity index (χ1) is 19.7. The fraction of sp³-hybridized carbons (Fsp3) is 0.484. The molecule has 2 amide bonds. The average Bonchev–Trinajstić information content (AvgIpc) is 3.44. The fourth-order valence-corrected chi connectivity index (χ4v) is 6.50. The molecule has 6 rings (SSSR count). The number of carboxylic acids is 1. The van der Waals surface area contributed by atoms with E-state index in [2.05, 4.69) is 5.32 Å². The summed E-state index contributed by atoms with van der Waals surface area (Å²) in [5.74, 6) is -5.68. The maximum atomic E-state index is 14.6. The van der Waals surface area contributed by atoms with Crippen LogP contribution in [0.1, 0.15) is 57.8 Å². The van der Waals surface area contributed by atoms with Gasteiger partial charge in [-0.1, -0.05) is 49.2 Å². The summed E-state index contributed by atoms with van der Waals surface area (Å²) < 4.78 is 35.6. The van der Waals surface area contributed by atoms with Crippen LogP contribution >= 0.6 is 0 Å². The Hall–Kier alpha value is -3.82. The van der Waals surface area contributed by atoms with Gasteiger partial charge in [0.1, 0.15) is 17.7 Å². The molecule has 1 saturated carbocycles. The van der Waals surface area contributed by atoms with Crippen LogP contribution in [0.15, 0.2) is 48.5 Å². The molecule has 216 valence electrons. The number of fused-ring (bicyclic) bond motifs is 5. The Morgan fingerprint density at radius 1 is 0.976 bits per heavy atom. The lowest BCUT2D eigenvalue weighted by molar-refractivity contribution is -0.145. The van der Waals surface area contributed by atoms with Crippen molar-refractivity contribution in [3.05, 3.63) is 48.5 Å². The van der Waals surface area contributed by atoms with Crippen LogP contribution in [0.25, 0.3) is 21.7 Å². The molecule has 2 saturated heterocycles. The van der Waals surface area contributed by atoms with Gasteiger partial charge in [0, 0.05) is 42.4 Å². The smallest absolute Gasteiger partial charge is 0.329 e. The molecule has 2 N–H and O–H groups in total. The van der Waals surface area contributed by atoms with Gasteiger partial charge in [-0.25, -0.2) is 18.6 Å². The minimum atomic E-state index is -3.00. The highest BCUT2D eigenvalue weighted by molar-refractivity contribution is 6.07. The Labute approximate surface area is 236 Å². The van der Waals surface area contributed by atoms with E-state index in [9.17, 15) is 28.3 Å². The maximum Gasteiger partial charge on any atom is 0.329 e. The van der Waals surface area contributed by atoms with Crippen molar-refractivity contribution in [3.63, 3.8) is 0 Å². The molecule has 2 aliphatic heterocycles. The number of rotatable bonds is 3. The maximum absolute atomic E-state index is 14.6. The monoisotopic (exact) mass is 565 g/mol. The predicted molar refractivity (Wildman–Crippen MR) is 148 cm³/mol. The number of halogens is 2. The normalized spacial score (nSPS) is 28.7. The van der Waals surface area contributed by atoms with E-state index in [4.69, 9.17) is 9.72 Å². The molecule has 0 bridgehead atoms. The van der Waals surface area contributed by atoms with E-state index in [0.29, 0.717) is 31.6 Å². The number of amides is 2. The molecule has 3 aromatic rings. The highest BCUT2D eigenvalue weighted by Crippen LogP contribution is 2.50. The number of para-hydroxylation sites is 1. The van der Waals surface area contributed by atoms with Crippen molar-refractivity contribution in [3.8, 4) is 5.88 Å². The molecule has 8 nitrogen and oxygen atoms in total. The number of carbonyl (C=O) groups excluding carboxylic acids is 2. The van der Waals surface area contributed by atoms with Crippen molar-refractivity contribution in [2.24, 2.45) is 5.92 Å². The summed E-state index contributed by atoms with van der Waals surface area (Å²) in [6.45, 7) is 0.140. The number of aromatic nitrogens is 1. The molecule has 0 spiro atoms. The minimum Gasteiger partial charge on any atom is -0.479 e. The Balaban J connectivity index is 1.28. The van der Waals surface area contributed by atoms with E-state index in [1.807, 2.05) is 48.5 Å². The van der Waals surface area contributed by atoms with Crippen molar-refractivity contribution in [2.45, 2.75) is 81.4 Å². The average molecular weight is 566 g/mol. The molecule has 3 heterocycles. The van der Waals surface area contributed by atoms with Crippen molar-refractivity contribution < 1.29 is 33.0 Å². The third-order valence-corrected chi connectivity index (χ3v) is 8.80. The van der Waals surface area contributed by atoms with Gasteiger partial charge in [0.15, 0.2) is 0 Å². The number of benzene rings is 2. The molecule has 4 unspecified atom stereocenters. The number of carboxylic acid groups (broad SMARTS) is 1. The van der Waals surface area contributed by atoms with Crippen LogP contribution in [0.5, 0.6) is 5.88 Å². The second-order valence-electron chi connectivity index (χ2n) is 11.7. The first-order valence-electron chi connectivity index (χ1n) is 14.3. The van der Waals surface area contributed by atoms with Crippen molar-refractivity contribution in [2.75, 3.05) is 6.54 Å². The largest absolute Gasteiger partial charge is 0.479 e. The number of nitrogens with zero attached hydrogens (tertiary/aromatic N) is 2. The van der Waals surface area contributed by atoms with Gasteiger partial charge >= 0.3 is 5.97 Å². The van der Waals surface area contributed by atoms with E-state index < -0.39 is 47.8 Å². The number of hydrogen-bond acceptors (Lipinski definition) is 5. The second kappa shape index (κ2) is 10.5. The Morgan fingerprint density at radius 3 is 2.46 bits per heavy atom. The minimum absolute atomic E-state index is 0.0583. The molecule has 41 heavy (non-hydrogen) atoms. The van der Waals surface area contributed by atoms with E-state index in [1.165, 1.54) is 4.90 Å². The quantitative estimate of drug-likeness (QED) is 0.429. The lowest BCUT2D eigenvalue weighted by Gasteiger charge is -2.26. The summed E-state index contributed by atoms with van der Waals surface area (Å²) >= 11 is 0. The summed E-state index contributed by atoms with van der Waals surface area (Å²) in [4.78, 5) is 45.2. The molecule has 3 aliphatic rings. The van der Waals surface area contributed by atoms with Crippen molar-refractivity contribution in [1.29, 1.82) is 0 Å². The predicted octanol–water partition coefficient (Wildman–Crippen LogP) is 5.08. The lowest BCUT2D eigenvalue weighted by Crippen LogP contribution is -2.53. The van der Waals surface area contributed by atoms with E-state index in [1.54, 1.807) is 0 Å². The molecule has 10 heteroatoms. The topological polar surface area (TPSA) is 109 Å². The number of carbonyl (C=O) groups is 3. The molecular formula is C31H33F2N3O5. The fourth-order valence-electron chi connectivity index (χ4n) is 6.50. The van der Waals surface area contributed by atoms with Crippen LogP contribution in [0.3, 0.4) is 0 Å². The second-order valence-corrected chi connectivity index (χ2v) is 11.7. The molecule has 1 aromatic heterocycles. The van der Waals surface area contributed by atoms with Gasteiger partial charge in [-0.05, 0) is 36.8 Å². The third kappa shape index (κ3) is 5.31. The molecular weight excluding hydrogens is 532 g/mol. The summed E-state index contributed by atoms with van der Waals surface area (Å²) in [6, 6.07) is 14.5. The molecule has 0 radical (unpaired) electrons. The molecule has 4 atom stereocenters. The Bertz CT molecular complexity index is 1510. The third-order valence-electron chi connectivity index (χ3n) is 8.80. The summed E-state index contributed by atoms with van der Waals surface area (Å²) in [7, 11) is 0. The number of pyridine rings is 1. The number of nitrogens with one attached hydrogen (secondary N) is 1. The first-order valence-corrected chi connectivity index (χ1v) is 14.3. The van der Waals surface area contributed by atoms with Crippen LogP contribution in [0.4, 0.5) is 8.78 Å². The SMILES string of the molecule is O=C1NC2(C(=O)O)CC2CC(F)(F)CCCCCCC(=O)N2CC(Oc3nc4ccccc4c4ccccc34)CC12. The van der Waals surface area contributed by atoms with E-state index >= 15 is 0 Å². The van der Waals surface area contributed by atoms with Gasteiger partial charge < -0.3 is 20.1 Å². The first kappa shape index (κ1) is 27.4. The standard InChI is InChI=1S/C31H33F2N3O5/c32-30(33)14-8-2-1-3-13-26(37)36-18-20(15-25(36)27(38)35-31(29(39)40)17-19(31)16-30)41-28-23-11-5-4-9-21(23)22-10-6-7-12-24(22)34-28/h4-7,9-12,19-20,25H,1-3,8,13-18H2,(H,35,38)(H,39,40). The highest BCUT2D eigenvalue weighted by atomic mass is 19.3. The van der Waals surface area contributed by atoms with Gasteiger partial charge in [-0.15, -0.1) is 0 Å². The number of alkyl halides is 2. The van der Waals surface area contributed by atoms with Gasteiger partial charge in [-0.2, -0.15) is 0 Å². The molecule has 3 fully saturated rings. The van der Waals surface area contributed by atoms with E-state index in [-0.39, 0.29) is 38.1 Å². The van der Waals surface area contributed by atoms with Gasteiger partial charge in [0.05, 0.1) is 12.1 Å². The van der Waals surface area contributed by atoms with Crippen LogP contribution in [-0.2, 0) is 14.4 Å². The van der Waals surface area contributed by atoms with Crippen LogP contribution in [-0.4, -0.2) is 62.9 Å². The summed E-state index contributed by atoms with van der Waals surface area (Å²) in [6.07, 6.45) is 0.795. The van der Waals surface area contributed by atoms with Crippen LogP contribution in [0, 0.1) is 5.92 Å². The Kier molecular flexibility index (Phi) is 7.03. The Morgan fingerprint density at radius 2 is 1.68 bits per heavy atom. The van der Waals surface area contributed by atoms with Crippen LogP contribution in [0.2, 0.25) is 0 Å².